The van der Waals surface area contributed by atoms with Gasteiger partial charge < -0.3 is 24.0 Å². The number of allylic oxidation sites excluding steroid dienone is 1. The summed E-state index contributed by atoms with van der Waals surface area (Å²) in [6.07, 6.45) is 9.13. The van der Waals surface area contributed by atoms with Crippen LogP contribution in [-0.2, 0) is 16.0 Å². The van der Waals surface area contributed by atoms with Crippen LogP contribution >= 0.6 is 0 Å². The molecule has 0 aromatic heterocycles. The maximum atomic E-state index is 13.4. The summed E-state index contributed by atoms with van der Waals surface area (Å²) in [7, 11) is 6.49. The van der Waals surface area contributed by atoms with Crippen LogP contribution in [0.3, 0.4) is 0 Å². The molecule has 0 spiro atoms. The minimum Gasteiger partial charge on any atom is -0.493 e. The zero-order chi connectivity index (χ0) is 26.9. The quantitative estimate of drug-likeness (QED) is 0.294. The summed E-state index contributed by atoms with van der Waals surface area (Å²) in [6.45, 7) is 4.45. The number of likely N-dealkylation sites (N-methyl/N-ethyl adjacent to an activating group) is 1. The van der Waals surface area contributed by atoms with Crippen LogP contribution in [0.5, 0.6) is 17.2 Å². The molecule has 2 atom stereocenters. The van der Waals surface area contributed by atoms with Crippen molar-refractivity contribution < 1.29 is 23.8 Å². The highest BCUT2D eigenvalue weighted by Gasteiger charge is 2.41. The van der Waals surface area contributed by atoms with Gasteiger partial charge in [0.15, 0.2) is 11.5 Å². The predicted octanol–water partition coefficient (Wildman–Crippen LogP) is 5.12. The molecule has 0 saturated carbocycles. The molecule has 1 fully saturated rings. The van der Waals surface area contributed by atoms with E-state index in [9.17, 15) is 9.59 Å². The van der Waals surface area contributed by atoms with Crippen molar-refractivity contribution in [1.82, 2.24) is 9.80 Å². The Morgan fingerprint density at radius 1 is 0.865 bits per heavy atom. The van der Waals surface area contributed by atoms with Crippen LogP contribution in [0.15, 0.2) is 48.6 Å². The van der Waals surface area contributed by atoms with Crippen LogP contribution in [0.25, 0.3) is 11.1 Å². The summed E-state index contributed by atoms with van der Waals surface area (Å²) >= 11 is 0. The number of amides is 2. The smallest absolute Gasteiger partial charge is 0.246 e. The molecule has 7 heteroatoms. The average molecular weight is 509 g/mol. The van der Waals surface area contributed by atoms with Crippen LogP contribution in [0.4, 0.5) is 0 Å². The maximum Gasteiger partial charge on any atom is 0.246 e. The molecule has 3 rings (SSSR count). The number of nitrogens with zero attached hydrogens (tertiary/aromatic N) is 2. The molecule has 1 heterocycles. The molecule has 2 aromatic carbocycles. The number of hydrogen-bond acceptors (Lipinski definition) is 5. The Kier molecular flexibility index (Phi) is 10.0. The lowest BCUT2D eigenvalue weighted by molar-refractivity contribution is -0.158. The van der Waals surface area contributed by atoms with Crippen molar-refractivity contribution >= 4 is 11.8 Å². The Morgan fingerprint density at radius 3 is 2.08 bits per heavy atom. The Bertz CT molecular complexity index is 1070. The van der Waals surface area contributed by atoms with Gasteiger partial charge in [-0.1, -0.05) is 56.2 Å². The Hall–Kier alpha value is -3.48. The van der Waals surface area contributed by atoms with E-state index < -0.39 is 12.1 Å². The molecule has 200 valence electrons. The van der Waals surface area contributed by atoms with E-state index >= 15 is 0 Å². The number of hydrogen-bond donors (Lipinski definition) is 0. The van der Waals surface area contributed by atoms with Crippen LogP contribution in [0, 0.1) is 0 Å². The van der Waals surface area contributed by atoms with Crippen molar-refractivity contribution in [2.75, 3.05) is 34.9 Å². The van der Waals surface area contributed by atoms with E-state index in [-0.39, 0.29) is 11.8 Å². The van der Waals surface area contributed by atoms with Gasteiger partial charge in [0.05, 0.1) is 21.3 Å². The van der Waals surface area contributed by atoms with E-state index in [0.29, 0.717) is 30.2 Å². The summed E-state index contributed by atoms with van der Waals surface area (Å²) < 4.78 is 16.4. The molecule has 1 saturated heterocycles. The van der Waals surface area contributed by atoms with Gasteiger partial charge in [0, 0.05) is 20.0 Å². The largest absolute Gasteiger partial charge is 0.493 e. The minimum absolute atomic E-state index is 0.0125. The monoisotopic (exact) mass is 508 g/mol. The standard InChI is InChI=1S/C30H40N2O5/c1-7-8-9-10-11-12-17-32-21(2)29(33)31(3)25(30(32)34)18-22-13-15-23(16-14-22)24-19-26(35-4)28(37-6)27(20-24)36-5/h11-16,19-21,25H,7-10,17-18H2,1-6H3/b12-11+. The van der Waals surface area contributed by atoms with Crippen molar-refractivity contribution in [3.63, 3.8) is 0 Å². The lowest BCUT2D eigenvalue weighted by Gasteiger charge is -2.42. The van der Waals surface area contributed by atoms with E-state index in [0.717, 1.165) is 29.5 Å². The van der Waals surface area contributed by atoms with Gasteiger partial charge in [-0.15, -0.1) is 0 Å². The van der Waals surface area contributed by atoms with Crippen LogP contribution < -0.4 is 14.2 Å². The Balaban J connectivity index is 1.75. The first kappa shape index (κ1) is 28.1. The highest BCUT2D eigenvalue weighted by Crippen LogP contribution is 2.41. The van der Waals surface area contributed by atoms with Crippen molar-refractivity contribution in [3.8, 4) is 28.4 Å². The molecular formula is C30H40N2O5. The third-order valence-corrected chi connectivity index (χ3v) is 7.03. The van der Waals surface area contributed by atoms with Crippen molar-refractivity contribution in [3.05, 3.63) is 54.1 Å². The minimum atomic E-state index is -0.524. The molecule has 0 radical (unpaired) electrons. The van der Waals surface area contributed by atoms with Gasteiger partial charge in [-0.05, 0) is 48.6 Å². The predicted molar refractivity (Wildman–Crippen MR) is 146 cm³/mol. The summed E-state index contributed by atoms with van der Waals surface area (Å²) in [5.41, 5.74) is 2.89. The van der Waals surface area contributed by atoms with Gasteiger partial charge >= 0.3 is 0 Å². The number of unbranched alkanes of at least 4 members (excludes halogenated alkanes) is 3. The molecular weight excluding hydrogens is 468 g/mol. The van der Waals surface area contributed by atoms with E-state index in [2.05, 4.69) is 13.0 Å². The molecule has 2 aromatic rings. The molecule has 0 N–H and O–H groups in total. The third kappa shape index (κ3) is 6.45. The second-order valence-electron chi connectivity index (χ2n) is 9.41. The first-order chi connectivity index (χ1) is 17.9. The first-order valence-electron chi connectivity index (χ1n) is 13.0. The molecule has 2 unspecified atom stereocenters. The third-order valence-electron chi connectivity index (χ3n) is 7.03. The zero-order valence-corrected chi connectivity index (χ0v) is 23.0. The highest BCUT2D eigenvalue weighted by atomic mass is 16.5. The number of carbonyl (C=O) groups excluding carboxylic acids is 2. The Labute approximate surface area is 221 Å². The molecule has 1 aliphatic rings. The number of rotatable bonds is 12. The molecule has 37 heavy (non-hydrogen) atoms. The van der Waals surface area contributed by atoms with Crippen molar-refractivity contribution in [1.29, 1.82) is 0 Å². The highest BCUT2D eigenvalue weighted by molar-refractivity contribution is 5.96. The SMILES string of the molecule is CCCCC/C=C/CN1C(=O)C(Cc2ccc(-c3cc(OC)c(OC)c(OC)c3)cc2)N(C)C(=O)C1C. The second-order valence-corrected chi connectivity index (χ2v) is 9.41. The van der Waals surface area contributed by atoms with Crippen LogP contribution in [-0.4, -0.2) is 68.6 Å². The van der Waals surface area contributed by atoms with Gasteiger partial charge in [0.2, 0.25) is 17.6 Å². The van der Waals surface area contributed by atoms with Gasteiger partial charge in [-0.2, -0.15) is 0 Å². The lowest BCUT2D eigenvalue weighted by Crippen LogP contribution is -2.63. The lowest BCUT2D eigenvalue weighted by atomic mass is 9.96. The average Bonchev–Trinajstić information content (AvgIpc) is 2.92. The zero-order valence-electron chi connectivity index (χ0n) is 23.0. The summed E-state index contributed by atoms with van der Waals surface area (Å²) in [5, 5.41) is 0. The fraction of sp³-hybridized carbons (Fsp3) is 0.467. The number of benzene rings is 2. The van der Waals surface area contributed by atoms with Crippen LogP contribution in [0.2, 0.25) is 0 Å². The normalized spacial score (nSPS) is 18.0. The number of ether oxygens (including phenoxy) is 3. The van der Waals surface area contributed by atoms with Crippen LogP contribution in [0.1, 0.15) is 45.1 Å². The second kappa shape index (κ2) is 13.2. The molecule has 1 aliphatic heterocycles. The van der Waals surface area contributed by atoms with Crippen molar-refractivity contribution in [2.45, 2.75) is 58.0 Å². The van der Waals surface area contributed by atoms with Crippen molar-refractivity contribution in [2.24, 2.45) is 0 Å². The topological polar surface area (TPSA) is 68.3 Å². The van der Waals surface area contributed by atoms with Gasteiger partial charge in [0.1, 0.15) is 12.1 Å². The fourth-order valence-corrected chi connectivity index (χ4v) is 4.72. The summed E-state index contributed by atoms with van der Waals surface area (Å²) in [6, 6.07) is 10.8. The van der Waals surface area contributed by atoms with E-state index in [4.69, 9.17) is 14.2 Å². The van der Waals surface area contributed by atoms with Gasteiger partial charge in [-0.25, -0.2) is 0 Å². The number of carbonyl (C=O) groups is 2. The number of methoxy groups -OCH3 is 3. The molecule has 7 nitrogen and oxygen atoms in total. The number of piperazine rings is 1. The van der Waals surface area contributed by atoms with E-state index in [1.165, 1.54) is 12.8 Å². The maximum absolute atomic E-state index is 13.4. The fourth-order valence-electron chi connectivity index (χ4n) is 4.72. The molecule has 0 bridgehead atoms. The van der Waals surface area contributed by atoms with E-state index in [1.54, 1.807) is 38.2 Å². The Morgan fingerprint density at radius 2 is 1.51 bits per heavy atom. The van der Waals surface area contributed by atoms with Gasteiger partial charge in [0.25, 0.3) is 0 Å². The summed E-state index contributed by atoms with van der Waals surface area (Å²) in [5.74, 6) is 1.67. The molecule has 0 aliphatic carbocycles. The summed E-state index contributed by atoms with van der Waals surface area (Å²) in [4.78, 5) is 29.7. The first-order valence-corrected chi connectivity index (χ1v) is 13.0. The van der Waals surface area contributed by atoms with E-state index in [1.807, 2.05) is 49.4 Å². The molecule has 2 amide bonds. The van der Waals surface area contributed by atoms with Gasteiger partial charge in [-0.3, -0.25) is 9.59 Å².